The molecule has 8 heteroatoms. The van der Waals surface area contributed by atoms with E-state index in [9.17, 15) is 18.0 Å². The van der Waals surface area contributed by atoms with Gasteiger partial charge >= 0.3 is 6.18 Å². The molecule has 0 spiro atoms. The highest BCUT2D eigenvalue weighted by atomic mass is 19.4. The van der Waals surface area contributed by atoms with Crippen LogP contribution in [0.2, 0.25) is 0 Å². The number of fused-ring (bicyclic) bond motifs is 1. The molecule has 1 amide bonds. The lowest BCUT2D eigenvalue weighted by atomic mass is 9.90. The van der Waals surface area contributed by atoms with Crippen LogP contribution in [0.3, 0.4) is 0 Å². The average molecular weight is 438 g/mol. The molecule has 32 heavy (non-hydrogen) atoms. The first-order chi connectivity index (χ1) is 15.3. The molecule has 1 aromatic heterocycles. The Labute approximate surface area is 183 Å². The summed E-state index contributed by atoms with van der Waals surface area (Å²) >= 11 is 0. The average Bonchev–Trinajstić information content (AvgIpc) is 2.79. The van der Waals surface area contributed by atoms with Crippen LogP contribution in [0.5, 0.6) is 0 Å². The maximum atomic E-state index is 13.3. The van der Waals surface area contributed by atoms with Gasteiger partial charge in [0.05, 0.1) is 17.1 Å². The van der Waals surface area contributed by atoms with Crippen LogP contribution >= 0.6 is 0 Å². The number of halogens is 3. The normalized spacial score (nSPS) is 18.7. The minimum Gasteiger partial charge on any atom is -0.382 e. The number of hydrogen-bond acceptors (Lipinski definition) is 4. The first-order valence-corrected chi connectivity index (χ1v) is 10.4. The second kappa shape index (κ2) is 8.87. The van der Waals surface area contributed by atoms with E-state index in [2.05, 4.69) is 15.6 Å². The van der Waals surface area contributed by atoms with Crippen LogP contribution in [-0.2, 0) is 6.18 Å². The number of benzene rings is 2. The quantitative estimate of drug-likeness (QED) is 0.581. The standard InChI is InChI=1S/C24H21F3N4O/c25-24(26,27)22-13-21(19-3-1-2-4-20(19)31-22)29-17-9-11-18(12-10-17)30-23(32)16-7-5-15(14-28)6-8-16/h1-8,13,17-18H,9-12H2,(H,29,31)(H,30,32). The minimum absolute atomic E-state index is 0.00360. The fourth-order valence-electron chi connectivity index (χ4n) is 4.01. The molecule has 3 aromatic rings. The number of nitrogens with one attached hydrogen (secondary N) is 2. The third-order valence-electron chi connectivity index (χ3n) is 5.70. The molecule has 1 fully saturated rings. The number of pyridine rings is 1. The number of para-hydroxylation sites is 1. The van der Waals surface area contributed by atoms with Gasteiger partial charge in [0.2, 0.25) is 0 Å². The number of rotatable bonds is 4. The van der Waals surface area contributed by atoms with Crippen LogP contribution in [-0.4, -0.2) is 23.0 Å². The topological polar surface area (TPSA) is 77.8 Å². The molecular weight excluding hydrogens is 417 g/mol. The lowest BCUT2D eigenvalue weighted by Gasteiger charge is -2.30. The molecule has 2 N–H and O–H groups in total. The maximum Gasteiger partial charge on any atom is 0.433 e. The smallest absolute Gasteiger partial charge is 0.382 e. The van der Waals surface area contributed by atoms with Crippen molar-refractivity contribution in [2.24, 2.45) is 0 Å². The summed E-state index contributed by atoms with van der Waals surface area (Å²) in [7, 11) is 0. The summed E-state index contributed by atoms with van der Waals surface area (Å²) in [4.78, 5) is 16.2. The second-order valence-electron chi connectivity index (χ2n) is 7.93. The van der Waals surface area contributed by atoms with E-state index in [1.165, 1.54) is 0 Å². The van der Waals surface area contributed by atoms with Gasteiger partial charge in [-0.1, -0.05) is 18.2 Å². The van der Waals surface area contributed by atoms with Gasteiger partial charge in [-0.2, -0.15) is 18.4 Å². The molecule has 0 unspecified atom stereocenters. The summed E-state index contributed by atoms with van der Waals surface area (Å²) in [5.74, 6) is -0.194. The number of anilines is 1. The second-order valence-corrected chi connectivity index (χ2v) is 7.93. The third kappa shape index (κ3) is 4.83. The van der Waals surface area contributed by atoms with Crippen molar-refractivity contribution in [2.45, 2.75) is 43.9 Å². The number of carbonyl (C=O) groups is 1. The van der Waals surface area contributed by atoms with Crippen LogP contribution in [0.4, 0.5) is 18.9 Å². The molecule has 1 saturated carbocycles. The van der Waals surface area contributed by atoms with E-state index in [1.54, 1.807) is 48.5 Å². The van der Waals surface area contributed by atoms with Crippen LogP contribution in [0.15, 0.2) is 54.6 Å². The molecule has 0 radical (unpaired) electrons. The van der Waals surface area contributed by atoms with Gasteiger partial charge in [-0.3, -0.25) is 4.79 Å². The van der Waals surface area contributed by atoms with E-state index in [4.69, 9.17) is 5.26 Å². The van der Waals surface area contributed by atoms with Gasteiger partial charge in [-0.05, 0) is 62.1 Å². The van der Waals surface area contributed by atoms with E-state index >= 15 is 0 Å². The van der Waals surface area contributed by atoms with Crippen LogP contribution in [0, 0.1) is 11.3 Å². The summed E-state index contributed by atoms with van der Waals surface area (Å²) in [6.07, 6.45) is -1.65. The zero-order valence-corrected chi connectivity index (χ0v) is 17.1. The van der Waals surface area contributed by atoms with E-state index in [1.807, 2.05) is 6.07 Å². The van der Waals surface area contributed by atoms with E-state index in [0.717, 1.165) is 31.7 Å². The highest BCUT2D eigenvalue weighted by molar-refractivity contribution is 5.94. The lowest BCUT2D eigenvalue weighted by Crippen LogP contribution is -2.40. The number of nitriles is 1. The molecular formula is C24H21F3N4O. The Morgan fingerprint density at radius 2 is 1.66 bits per heavy atom. The Morgan fingerprint density at radius 1 is 1.00 bits per heavy atom. The summed E-state index contributed by atoms with van der Waals surface area (Å²) in [5.41, 5.74) is 0.792. The molecule has 0 atom stereocenters. The third-order valence-corrected chi connectivity index (χ3v) is 5.70. The maximum absolute atomic E-state index is 13.3. The van der Waals surface area contributed by atoms with E-state index in [-0.39, 0.29) is 18.0 Å². The zero-order chi connectivity index (χ0) is 22.7. The van der Waals surface area contributed by atoms with Crippen LogP contribution < -0.4 is 10.6 Å². The predicted molar refractivity (Wildman–Crippen MR) is 115 cm³/mol. The van der Waals surface area contributed by atoms with Gasteiger partial charge in [0.15, 0.2) is 0 Å². The van der Waals surface area contributed by atoms with Gasteiger partial charge in [0, 0.05) is 28.7 Å². The zero-order valence-electron chi connectivity index (χ0n) is 17.1. The molecule has 0 bridgehead atoms. The van der Waals surface area contributed by atoms with Crippen molar-refractivity contribution in [3.63, 3.8) is 0 Å². The van der Waals surface area contributed by atoms with Gasteiger partial charge in [0.1, 0.15) is 5.69 Å². The molecule has 0 aliphatic heterocycles. The van der Waals surface area contributed by atoms with Gasteiger partial charge in [-0.25, -0.2) is 4.98 Å². The molecule has 4 rings (SSSR count). The number of aromatic nitrogens is 1. The Morgan fingerprint density at radius 3 is 2.31 bits per heavy atom. The van der Waals surface area contributed by atoms with Gasteiger partial charge in [0.25, 0.3) is 5.91 Å². The molecule has 5 nitrogen and oxygen atoms in total. The number of alkyl halides is 3. The fourth-order valence-corrected chi connectivity index (χ4v) is 4.01. The van der Waals surface area contributed by atoms with Crippen molar-refractivity contribution < 1.29 is 18.0 Å². The van der Waals surface area contributed by atoms with Crippen molar-refractivity contribution in [1.82, 2.24) is 10.3 Å². The molecule has 164 valence electrons. The largest absolute Gasteiger partial charge is 0.433 e. The molecule has 0 saturated heterocycles. The van der Waals surface area contributed by atoms with Gasteiger partial charge in [-0.15, -0.1) is 0 Å². The minimum atomic E-state index is -4.52. The summed E-state index contributed by atoms with van der Waals surface area (Å²) < 4.78 is 39.8. The Bertz CT molecular complexity index is 1160. The molecule has 1 aliphatic rings. The number of hydrogen-bond donors (Lipinski definition) is 2. The van der Waals surface area contributed by atoms with Crippen molar-refractivity contribution in [2.75, 3.05) is 5.32 Å². The van der Waals surface area contributed by atoms with Crippen LogP contribution in [0.1, 0.15) is 47.3 Å². The van der Waals surface area contributed by atoms with E-state index < -0.39 is 11.9 Å². The van der Waals surface area contributed by atoms with Crippen LogP contribution in [0.25, 0.3) is 10.9 Å². The summed E-state index contributed by atoms with van der Waals surface area (Å²) in [6.45, 7) is 0. The van der Waals surface area contributed by atoms with Crippen molar-refractivity contribution in [1.29, 1.82) is 5.26 Å². The number of amides is 1. The Kier molecular flexibility index (Phi) is 5.99. The highest BCUT2D eigenvalue weighted by Gasteiger charge is 2.33. The summed E-state index contributed by atoms with van der Waals surface area (Å²) in [6, 6.07) is 16.3. The van der Waals surface area contributed by atoms with Gasteiger partial charge < -0.3 is 10.6 Å². The lowest BCUT2D eigenvalue weighted by molar-refractivity contribution is -0.140. The van der Waals surface area contributed by atoms with Crippen molar-refractivity contribution >= 4 is 22.5 Å². The highest BCUT2D eigenvalue weighted by Crippen LogP contribution is 2.34. The Balaban J connectivity index is 1.40. The Hall–Kier alpha value is -3.60. The first kappa shape index (κ1) is 21.6. The fraction of sp³-hybridized carbons (Fsp3) is 0.292. The van der Waals surface area contributed by atoms with Crippen molar-refractivity contribution in [3.05, 3.63) is 71.4 Å². The van der Waals surface area contributed by atoms with E-state index in [0.29, 0.717) is 27.7 Å². The predicted octanol–water partition coefficient (Wildman–Crippen LogP) is 5.28. The van der Waals surface area contributed by atoms with Crippen molar-refractivity contribution in [3.8, 4) is 6.07 Å². The first-order valence-electron chi connectivity index (χ1n) is 10.4. The molecule has 1 aliphatic carbocycles. The SMILES string of the molecule is N#Cc1ccc(C(=O)NC2CCC(Nc3cc(C(F)(F)F)nc4ccccc34)CC2)cc1. The monoisotopic (exact) mass is 438 g/mol. The number of carbonyl (C=O) groups excluding carboxylic acids is 1. The molecule has 1 heterocycles. The number of nitrogens with zero attached hydrogens (tertiary/aromatic N) is 2. The summed E-state index contributed by atoms with van der Waals surface area (Å²) in [5, 5.41) is 15.8. The molecule has 2 aromatic carbocycles.